The van der Waals surface area contributed by atoms with Crippen molar-refractivity contribution in [1.82, 2.24) is 19.9 Å². The van der Waals surface area contributed by atoms with Crippen molar-refractivity contribution < 1.29 is 5.11 Å². The number of pyridine rings is 1. The molecule has 28 heavy (non-hydrogen) atoms. The molecule has 2 heterocycles. The minimum Gasteiger partial charge on any atom is -0.389 e. The number of anilines is 3. The van der Waals surface area contributed by atoms with Gasteiger partial charge >= 0.3 is 0 Å². The van der Waals surface area contributed by atoms with Crippen LogP contribution in [0.25, 0.3) is 10.9 Å². The van der Waals surface area contributed by atoms with E-state index in [2.05, 4.69) is 30.9 Å². The first-order valence-corrected chi connectivity index (χ1v) is 9.33. The van der Waals surface area contributed by atoms with Crippen molar-refractivity contribution in [3.05, 3.63) is 41.2 Å². The number of nitrogens with one attached hydrogen (secondary N) is 3. The lowest BCUT2D eigenvalue weighted by Gasteiger charge is -2.23. The fourth-order valence-corrected chi connectivity index (χ4v) is 2.93. The van der Waals surface area contributed by atoms with Crippen LogP contribution in [-0.4, -0.2) is 44.2 Å². The number of nitrogens with zero attached hydrogens (tertiary/aromatic N) is 4. The molecule has 1 atom stereocenters. The van der Waals surface area contributed by atoms with Gasteiger partial charge in [0.2, 0.25) is 11.9 Å². The van der Waals surface area contributed by atoms with E-state index >= 15 is 0 Å². The van der Waals surface area contributed by atoms with Crippen LogP contribution in [0.4, 0.5) is 17.7 Å². The van der Waals surface area contributed by atoms with Crippen molar-refractivity contribution in [3.8, 4) is 0 Å². The van der Waals surface area contributed by atoms with Crippen LogP contribution in [0.1, 0.15) is 32.4 Å². The molecular formula is C19H24ClN7O. The van der Waals surface area contributed by atoms with E-state index in [1.807, 2.05) is 31.2 Å². The molecule has 8 nitrogen and oxygen atoms in total. The van der Waals surface area contributed by atoms with Crippen molar-refractivity contribution in [1.29, 1.82) is 0 Å². The van der Waals surface area contributed by atoms with Crippen molar-refractivity contribution >= 4 is 40.2 Å². The zero-order valence-electron chi connectivity index (χ0n) is 16.3. The SMILES string of the molecule is CNc1ncnc(N[C@@H](C)c2cc3cccc(Cl)c3nc2NCC(C)(C)O)n1. The molecule has 1 aromatic carbocycles. The van der Waals surface area contributed by atoms with Gasteiger partial charge < -0.3 is 21.1 Å². The van der Waals surface area contributed by atoms with E-state index in [-0.39, 0.29) is 6.04 Å². The summed E-state index contributed by atoms with van der Waals surface area (Å²) in [7, 11) is 1.75. The van der Waals surface area contributed by atoms with Crippen molar-refractivity contribution in [3.63, 3.8) is 0 Å². The zero-order valence-corrected chi connectivity index (χ0v) is 17.0. The third-order valence-electron chi connectivity index (χ3n) is 4.12. The highest BCUT2D eigenvalue weighted by molar-refractivity contribution is 6.35. The lowest BCUT2D eigenvalue weighted by atomic mass is 10.1. The van der Waals surface area contributed by atoms with Crippen LogP contribution >= 0.6 is 11.6 Å². The van der Waals surface area contributed by atoms with Crippen LogP contribution in [0.3, 0.4) is 0 Å². The molecule has 3 aromatic rings. The molecule has 0 spiro atoms. The van der Waals surface area contributed by atoms with Gasteiger partial charge in [-0.3, -0.25) is 0 Å². The number of aromatic nitrogens is 4. The van der Waals surface area contributed by atoms with Gasteiger partial charge in [0, 0.05) is 24.5 Å². The quantitative estimate of drug-likeness (QED) is 0.476. The molecule has 0 saturated carbocycles. The molecule has 0 aliphatic rings. The number of benzene rings is 1. The fraction of sp³-hybridized carbons (Fsp3) is 0.368. The summed E-state index contributed by atoms with van der Waals surface area (Å²) >= 11 is 6.32. The summed E-state index contributed by atoms with van der Waals surface area (Å²) in [6.07, 6.45) is 1.44. The summed E-state index contributed by atoms with van der Waals surface area (Å²) in [5.41, 5.74) is 0.725. The second-order valence-electron chi connectivity index (χ2n) is 7.15. The summed E-state index contributed by atoms with van der Waals surface area (Å²) in [5.74, 6) is 1.57. The Morgan fingerprint density at radius 3 is 2.64 bits per heavy atom. The highest BCUT2D eigenvalue weighted by Gasteiger charge is 2.19. The Morgan fingerprint density at radius 2 is 1.93 bits per heavy atom. The first-order chi connectivity index (χ1) is 13.3. The molecular weight excluding hydrogens is 378 g/mol. The van der Waals surface area contributed by atoms with Gasteiger partial charge in [0.05, 0.1) is 22.2 Å². The van der Waals surface area contributed by atoms with Crippen LogP contribution in [0.5, 0.6) is 0 Å². The third-order valence-corrected chi connectivity index (χ3v) is 4.43. The van der Waals surface area contributed by atoms with E-state index in [0.29, 0.717) is 34.8 Å². The fourth-order valence-electron chi connectivity index (χ4n) is 2.71. The van der Waals surface area contributed by atoms with Gasteiger partial charge in [-0.1, -0.05) is 23.7 Å². The Labute approximate surface area is 168 Å². The lowest BCUT2D eigenvalue weighted by molar-refractivity contribution is 0.0944. The Hall–Kier alpha value is -2.71. The number of hydrogen-bond acceptors (Lipinski definition) is 8. The molecule has 4 N–H and O–H groups in total. The number of aliphatic hydroxyl groups is 1. The first-order valence-electron chi connectivity index (χ1n) is 8.95. The summed E-state index contributed by atoms with van der Waals surface area (Å²) in [5, 5.41) is 21.0. The third kappa shape index (κ3) is 4.76. The molecule has 3 rings (SSSR count). The second-order valence-corrected chi connectivity index (χ2v) is 7.56. The average Bonchev–Trinajstić information content (AvgIpc) is 2.65. The van der Waals surface area contributed by atoms with Crippen LogP contribution in [-0.2, 0) is 0 Å². The first kappa shape index (κ1) is 20.0. The van der Waals surface area contributed by atoms with E-state index < -0.39 is 5.60 Å². The van der Waals surface area contributed by atoms with Crippen molar-refractivity contribution in [2.75, 3.05) is 29.5 Å². The Kier molecular flexibility index (Phi) is 5.81. The molecule has 0 aliphatic carbocycles. The van der Waals surface area contributed by atoms with Crippen molar-refractivity contribution in [2.45, 2.75) is 32.4 Å². The summed E-state index contributed by atoms with van der Waals surface area (Å²) < 4.78 is 0. The monoisotopic (exact) mass is 401 g/mol. The second kappa shape index (κ2) is 8.12. The number of fused-ring (bicyclic) bond motifs is 1. The molecule has 0 unspecified atom stereocenters. The molecule has 148 valence electrons. The highest BCUT2D eigenvalue weighted by Crippen LogP contribution is 2.31. The van der Waals surface area contributed by atoms with Crippen LogP contribution in [0.2, 0.25) is 5.02 Å². The molecule has 0 fully saturated rings. The molecule has 0 aliphatic heterocycles. The van der Waals surface area contributed by atoms with Gasteiger partial charge in [-0.2, -0.15) is 4.98 Å². The Morgan fingerprint density at radius 1 is 1.18 bits per heavy atom. The summed E-state index contributed by atoms with van der Waals surface area (Å²) in [4.78, 5) is 17.2. The topological polar surface area (TPSA) is 108 Å². The zero-order chi connectivity index (χ0) is 20.3. The molecule has 0 bridgehead atoms. The van der Waals surface area contributed by atoms with Gasteiger partial charge in [-0.05, 0) is 32.9 Å². The molecule has 0 saturated heterocycles. The van der Waals surface area contributed by atoms with Gasteiger partial charge in [0.15, 0.2) is 0 Å². The minimum atomic E-state index is -0.888. The normalized spacial score (nSPS) is 12.6. The minimum absolute atomic E-state index is 0.160. The predicted octanol–water partition coefficient (Wildman–Crippen LogP) is 3.47. The van der Waals surface area contributed by atoms with E-state index in [1.165, 1.54) is 6.33 Å². The van der Waals surface area contributed by atoms with Gasteiger partial charge in [-0.15, -0.1) is 0 Å². The van der Waals surface area contributed by atoms with Gasteiger partial charge in [0.1, 0.15) is 12.1 Å². The number of para-hydroxylation sites is 1. The van der Waals surface area contributed by atoms with Crippen LogP contribution in [0.15, 0.2) is 30.6 Å². The maximum absolute atomic E-state index is 10.1. The Bertz CT molecular complexity index is 974. The molecule has 0 amide bonds. The summed E-state index contributed by atoms with van der Waals surface area (Å²) in [6, 6.07) is 7.53. The maximum Gasteiger partial charge on any atom is 0.227 e. The Balaban J connectivity index is 1.98. The highest BCUT2D eigenvalue weighted by atomic mass is 35.5. The maximum atomic E-state index is 10.1. The van der Waals surface area contributed by atoms with E-state index in [0.717, 1.165) is 10.9 Å². The summed E-state index contributed by atoms with van der Waals surface area (Å²) in [6.45, 7) is 5.80. The van der Waals surface area contributed by atoms with E-state index in [4.69, 9.17) is 16.6 Å². The number of halogens is 1. The average molecular weight is 402 g/mol. The van der Waals surface area contributed by atoms with E-state index in [1.54, 1.807) is 20.9 Å². The number of hydrogen-bond donors (Lipinski definition) is 4. The standard InChI is InChI=1S/C19H24ClN7O/c1-11(25-18-24-10-23-17(21-4)27-18)13-8-12-6-5-7-14(20)15(12)26-16(13)22-9-19(2,3)28/h5-8,10-11,28H,9H2,1-4H3,(H,22,26)(H2,21,23,24,25,27)/t11-/m0/s1. The van der Waals surface area contributed by atoms with Gasteiger partial charge in [0.25, 0.3) is 0 Å². The van der Waals surface area contributed by atoms with Gasteiger partial charge in [-0.25, -0.2) is 15.0 Å². The van der Waals surface area contributed by atoms with Crippen molar-refractivity contribution in [2.24, 2.45) is 0 Å². The number of rotatable bonds is 7. The molecule has 9 heteroatoms. The molecule has 2 aromatic heterocycles. The molecule has 0 radical (unpaired) electrons. The van der Waals surface area contributed by atoms with E-state index in [9.17, 15) is 5.11 Å². The van der Waals surface area contributed by atoms with Crippen LogP contribution in [0, 0.1) is 0 Å². The lowest BCUT2D eigenvalue weighted by Crippen LogP contribution is -2.30. The van der Waals surface area contributed by atoms with Crippen LogP contribution < -0.4 is 16.0 Å². The predicted molar refractivity (Wildman–Crippen MR) is 113 cm³/mol. The smallest absolute Gasteiger partial charge is 0.227 e. The largest absolute Gasteiger partial charge is 0.389 e.